The first-order valence-corrected chi connectivity index (χ1v) is 11.1. The molecular weight excluding hydrogens is 370 g/mol. The highest BCUT2D eigenvalue weighted by atomic mass is 35.5. The van der Waals surface area contributed by atoms with Gasteiger partial charge in [0, 0.05) is 29.7 Å². The molecule has 2 aromatic rings. The molecule has 1 N–H and O–H groups in total. The van der Waals surface area contributed by atoms with Crippen LogP contribution in [0.15, 0.2) is 18.2 Å². The molecule has 1 aromatic carbocycles. The fourth-order valence-corrected chi connectivity index (χ4v) is 4.97. The lowest BCUT2D eigenvalue weighted by Gasteiger charge is -2.30. The number of halogens is 1. The van der Waals surface area contributed by atoms with Gasteiger partial charge in [0.1, 0.15) is 0 Å². The number of amides is 1. The van der Waals surface area contributed by atoms with Crippen LogP contribution in [0, 0.1) is 5.92 Å². The molecule has 0 bridgehead atoms. The standard InChI is InChI=1S/C23H30ClN3O/c1-16-6-4-12-27(15-16)13-5-11-25-23(28)17-9-10-19-21(14-17)26-20-8-3-2-7-18(20)22(19)24/h9-10,14,16H,2-8,11-13,15H2,1H3,(H,25,28). The van der Waals surface area contributed by atoms with Crippen molar-refractivity contribution in [2.45, 2.75) is 51.9 Å². The first kappa shape index (κ1) is 19.7. The summed E-state index contributed by atoms with van der Waals surface area (Å²) in [6.07, 6.45) is 7.96. The Labute approximate surface area is 172 Å². The van der Waals surface area contributed by atoms with Gasteiger partial charge in [0.15, 0.2) is 0 Å². The molecule has 1 unspecified atom stereocenters. The summed E-state index contributed by atoms with van der Waals surface area (Å²) in [5, 5.41) is 4.84. The number of fused-ring (bicyclic) bond motifs is 2. The predicted molar refractivity (Wildman–Crippen MR) is 115 cm³/mol. The number of aryl methyl sites for hydroxylation is 1. The van der Waals surface area contributed by atoms with Crippen LogP contribution in [0.3, 0.4) is 0 Å². The predicted octanol–water partition coefficient (Wildman–Crippen LogP) is 4.62. The molecule has 1 aliphatic carbocycles. The van der Waals surface area contributed by atoms with Crippen molar-refractivity contribution in [1.29, 1.82) is 0 Å². The summed E-state index contributed by atoms with van der Waals surface area (Å²) in [5.74, 6) is 0.774. The zero-order valence-electron chi connectivity index (χ0n) is 16.8. The van der Waals surface area contributed by atoms with E-state index in [2.05, 4.69) is 17.1 Å². The Morgan fingerprint density at radius 3 is 3.00 bits per heavy atom. The minimum Gasteiger partial charge on any atom is -0.352 e. The van der Waals surface area contributed by atoms with Crippen LogP contribution in [0.25, 0.3) is 10.9 Å². The van der Waals surface area contributed by atoms with E-state index in [9.17, 15) is 4.79 Å². The van der Waals surface area contributed by atoms with Crippen molar-refractivity contribution >= 4 is 28.4 Å². The summed E-state index contributed by atoms with van der Waals surface area (Å²) < 4.78 is 0. The van der Waals surface area contributed by atoms with E-state index in [0.29, 0.717) is 12.1 Å². The number of carbonyl (C=O) groups is 1. The van der Waals surface area contributed by atoms with E-state index in [4.69, 9.17) is 16.6 Å². The molecule has 0 spiro atoms. The van der Waals surface area contributed by atoms with E-state index in [1.807, 2.05) is 18.2 Å². The first-order valence-electron chi connectivity index (χ1n) is 10.7. The number of hydrogen-bond donors (Lipinski definition) is 1. The number of nitrogens with zero attached hydrogens (tertiary/aromatic N) is 2. The van der Waals surface area contributed by atoms with E-state index in [0.717, 1.165) is 59.8 Å². The minimum atomic E-state index is -0.0236. The SMILES string of the molecule is CC1CCCN(CCCNC(=O)c2ccc3c(Cl)c4c(nc3c2)CCCC4)C1. The highest BCUT2D eigenvalue weighted by Gasteiger charge is 2.18. The van der Waals surface area contributed by atoms with Gasteiger partial charge in [-0.1, -0.05) is 24.6 Å². The molecule has 150 valence electrons. The second-order valence-electron chi connectivity index (χ2n) is 8.45. The Kier molecular flexibility index (Phi) is 6.17. The molecule has 2 heterocycles. The van der Waals surface area contributed by atoms with Gasteiger partial charge in [-0.05, 0) is 81.6 Å². The minimum absolute atomic E-state index is 0.0236. The molecule has 1 aliphatic heterocycles. The number of hydrogen-bond acceptors (Lipinski definition) is 3. The van der Waals surface area contributed by atoms with Crippen LogP contribution in [0.4, 0.5) is 0 Å². The molecule has 1 atom stereocenters. The molecule has 0 saturated carbocycles. The number of nitrogens with one attached hydrogen (secondary N) is 1. The van der Waals surface area contributed by atoms with Crippen molar-refractivity contribution in [3.63, 3.8) is 0 Å². The van der Waals surface area contributed by atoms with Gasteiger partial charge in [0.25, 0.3) is 5.91 Å². The molecular formula is C23H30ClN3O. The molecule has 1 saturated heterocycles. The molecule has 1 fully saturated rings. The molecule has 28 heavy (non-hydrogen) atoms. The second kappa shape index (κ2) is 8.79. The van der Waals surface area contributed by atoms with Crippen molar-refractivity contribution < 1.29 is 4.79 Å². The van der Waals surface area contributed by atoms with Crippen molar-refractivity contribution in [2.75, 3.05) is 26.2 Å². The van der Waals surface area contributed by atoms with Crippen molar-refractivity contribution in [1.82, 2.24) is 15.2 Å². The Balaban J connectivity index is 1.37. The van der Waals surface area contributed by atoms with E-state index in [1.54, 1.807) is 0 Å². The lowest BCUT2D eigenvalue weighted by Crippen LogP contribution is -2.36. The summed E-state index contributed by atoms with van der Waals surface area (Å²) in [7, 11) is 0. The van der Waals surface area contributed by atoms with Crippen molar-refractivity contribution in [3.05, 3.63) is 40.0 Å². The normalized spacial score (nSPS) is 20.1. The van der Waals surface area contributed by atoms with Crippen LogP contribution in [-0.4, -0.2) is 42.0 Å². The average Bonchev–Trinajstić information content (AvgIpc) is 2.71. The topological polar surface area (TPSA) is 45.2 Å². The molecule has 4 nitrogen and oxygen atoms in total. The number of rotatable bonds is 5. The maximum Gasteiger partial charge on any atom is 0.251 e. The quantitative estimate of drug-likeness (QED) is 0.746. The summed E-state index contributed by atoms with van der Waals surface area (Å²) in [4.78, 5) is 19.9. The van der Waals surface area contributed by atoms with Crippen LogP contribution in [-0.2, 0) is 12.8 Å². The summed E-state index contributed by atoms with van der Waals surface area (Å²) in [5.41, 5.74) is 3.81. The maximum atomic E-state index is 12.6. The zero-order valence-corrected chi connectivity index (χ0v) is 17.5. The number of carbonyl (C=O) groups excluding carboxylic acids is 1. The lowest BCUT2D eigenvalue weighted by atomic mass is 9.94. The van der Waals surface area contributed by atoms with Crippen LogP contribution < -0.4 is 5.32 Å². The van der Waals surface area contributed by atoms with Gasteiger partial charge >= 0.3 is 0 Å². The fourth-order valence-electron chi connectivity index (χ4n) is 4.60. The van der Waals surface area contributed by atoms with Gasteiger partial charge in [-0.25, -0.2) is 0 Å². The smallest absolute Gasteiger partial charge is 0.251 e. The Hall–Kier alpha value is -1.65. The van der Waals surface area contributed by atoms with Gasteiger partial charge in [-0.15, -0.1) is 0 Å². The highest BCUT2D eigenvalue weighted by Crippen LogP contribution is 2.33. The Morgan fingerprint density at radius 2 is 2.14 bits per heavy atom. The maximum absolute atomic E-state index is 12.6. The highest BCUT2D eigenvalue weighted by molar-refractivity contribution is 6.36. The summed E-state index contributed by atoms with van der Waals surface area (Å²) in [6, 6.07) is 5.70. The van der Waals surface area contributed by atoms with E-state index in [-0.39, 0.29) is 5.91 Å². The summed E-state index contributed by atoms with van der Waals surface area (Å²) in [6.45, 7) is 6.48. The molecule has 0 radical (unpaired) electrons. The van der Waals surface area contributed by atoms with Gasteiger partial charge in [0.05, 0.1) is 10.5 Å². The van der Waals surface area contributed by atoms with Gasteiger partial charge in [-0.3, -0.25) is 9.78 Å². The third-order valence-corrected chi connectivity index (χ3v) is 6.56. The Morgan fingerprint density at radius 1 is 1.29 bits per heavy atom. The van der Waals surface area contributed by atoms with Crippen LogP contribution in [0.2, 0.25) is 5.02 Å². The van der Waals surface area contributed by atoms with Gasteiger partial charge < -0.3 is 10.2 Å². The molecule has 4 rings (SSSR count). The lowest BCUT2D eigenvalue weighted by molar-refractivity contribution is 0.0950. The Bertz CT molecular complexity index is 867. The van der Waals surface area contributed by atoms with Crippen molar-refractivity contribution in [3.8, 4) is 0 Å². The monoisotopic (exact) mass is 399 g/mol. The molecule has 5 heteroatoms. The van der Waals surface area contributed by atoms with E-state index in [1.165, 1.54) is 37.9 Å². The van der Waals surface area contributed by atoms with Gasteiger partial charge in [0.2, 0.25) is 0 Å². The van der Waals surface area contributed by atoms with Gasteiger partial charge in [-0.2, -0.15) is 0 Å². The number of benzene rings is 1. The largest absolute Gasteiger partial charge is 0.352 e. The number of aromatic nitrogens is 1. The molecule has 2 aliphatic rings. The van der Waals surface area contributed by atoms with Crippen LogP contribution in [0.1, 0.15) is 60.6 Å². The van der Waals surface area contributed by atoms with E-state index >= 15 is 0 Å². The molecule has 1 amide bonds. The number of pyridine rings is 1. The zero-order chi connectivity index (χ0) is 19.5. The number of likely N-dealkylation sites (tertiary alicyclic amines) is 1. The second-order valence-corrected chi connectivity index (χ2v) is 8.83. The number of piperidine rings is 1. The van der Waals surface area contributed by atoms with Crippen LogP contribution >= 0.6 is 11.6 Å². The van der Waals surface area contributed by atoms with Crippen molar-refractivity contribution in [2.24, 2.45) is 5.92 Å². The average molecular weight is 400 g/mol. The fraction of sp³-hybridized carbons (Fsp3) is 0.565. The first-order chi connectivity index (χ1) is 13.6. The third kappa shape index (κ3) is 4.33. The summed E-state index contributed by atoms with van der Waals surface area (Å²) >= 11 is 6.63. The van der Waals surface area contributed by atoms with Crippen LogP contribution in [0.5, 0.6) is 0 Å². The third-order valence-electron chi connectivity index (χ3n) is 6.13. The van der Waals surface area contributed by atoms with E-state index < -0.39 is 0 Å². The molecule has 1 aromatic heterocycles.